The van der Waals surface area contributed by atoms with Crippen LogP contribution in [0.15, 0.2) is 83.8 Å². The van der Waals surface area contributed by atoms with E-state index in [0.717, 1.165) is 100.0 Å². The van der Waals surface area contributed by atoms with Crippen LogP contribution in [0.25, 0.3) is 0 Å². The second-order valence-corrected chi connectivity index (χ2v) is 13.9. The Balaban J connectivity index is 1.08. The van der Waals surface area contributed by atoms with Crippen molar-refractivity contribution in [3.05, 3.63) is 101 Å². The first kappa shape index (κ1) is 31.8. The van der Waals surface area contributed by atoms with Gasteiger partial charge in [-0.1, -0.05) is 54.6 Å². The van der Waals surface area contributed by atoms with Gasteiger partial charge in [0.1, 0.15) is 11.2 Å². The first-order valence-electron chi connectivity index (χ1n) is 16.7. The summed E-state index contributed by atoms with van der Waals surface area (Å²) in [6.45, 7) is 3.34. The molecule has 7 heteroatoms. The molecule has 2 N–H and O–H groups in total. The fourth-order valence-corrected chi connectivity index (χ4v) is 7.87. The minimum atomic E-state index is -0.638. The van der Waals surface area contributed by atoms with Crippen molar-refractivity contribution in [3.8, 4) is 0 Å². The van der Waals surface area contributed by atoms with Gasteiger partial charge in [-0.3, -0.25) is 4.79 Å². The van der Waals surface area contributed by atoms with Crippen LogP contribution >= 0.6 is 11.8 Å². The Hall–Kier alpha value is -3.13. The maximum Gasteiger partial charge on any atom is 0.339 e. The summed E-state index contributed by atoms with van der Waals surface area (Å²) < 4.78 is 12.8. The van der Waals surface area contributed by atoms with Crippen molar-refractivity contribution < 1.29 is 19.1 Å². The first-order chi connectivity index (χ1) is 22.0. The predicted molar refractivity (Wildman–Crippen MR) is 179 cm³/mol. The van der Waals surface area contributed by atoms with E-state index in [1.165, 1.54) is 5.56 Å². The Bertz CT molecular complexity index is 1420. The Morgan fingerprint density at radius 1 is 0.733 bits per heavy atom. The van der Waals surface area contributed by atoms with Crippen molar-refractivity contribution in [1.29, 1.82) is 0 Å². The predicted octanol–water partition coefficient (Wildman–Crippen LogP) is 7.02. The van der Waals surface area contributed by atoms with E-state index in [0.29, 0.717) is 11.5 Å². The molecule has 0 atom stereocenters. The molecule has 3 aliphatic rings. The smallest absolute Gasteiger partial charge is 0.339 e. The van der Waals surface area contributed by atoms with Crippen molar-refractivity contribution in [3.63, 3.8) is 0 Å². The summed E-state index contributed by atoms with van der Waals surface area (Å²) in [5, 5.41) is 6.85. The summed E-state index contributed by atoms with van der Waals surface area (Å²) in [6.07, 6.45) is 9.88. The van der Waals surface area contributed by atoms with Gasteiger partial charge in [-0.05, 0) is 111 Å². The second-order valence-electron chi connectivity index (χ2n) is 13.0. The number of piperidine rings is 2. The van der Waals surface area contributed by atoms with Gasteiger partial charge in [0.25, 0.3) is 0 Å². The molecule has 0 radical (unpaired) electrons. The standard InChI is InChI=1S/C38H46N2O4S/c1-45-34-16-14-31(15-17-34)36(42)44-38(20-24-40-25-21-38)33-9-5-6-29(27-33)26-28-10-12-30(13-11-28)35(41)43-37(18-22-39-23-19-37)32-7-3-2-4-8-32/h2-9,14-17,27-28,30,39-40H,10-13,18-26H2,1H3. The van der Waals surface area contributed by atoms with Crippen LogP contribution in [0.5, 0.6) is 0 Å². The maximum absolute atomic E-state index is 13.5. The highest BCUT2D eigenvalue weighted by Crippen LogP contribution is 2.40. The van der Waals surface area contributed by atoms with Gasteiger partial charge in [0.2, 0.25) is 0 Å². The first-order valence-corrected chi connectivity index (χ1v) is 17.9. The fraction of sp³-hybridized carbons (Fsp3) is 0.474. The number of benzene rings is 3. The van der Waals surface area contributed by atoms with Crippen LogP contribution in [0.3, 0.4) is 0 Å². The lowest BCUT2D eigenvalue weighted by atomic mass is 9.78. The molecule has 0 aromatic heterocycles. The molecule has 0 amide bonds. The normalized spacial score (nSPS) is 22.7. The monoisotopic (exact) mass is 626 g/mol. The van der Waals surface area contributed by atoms with Crippen molar-refractivity contribution in [2.24, 2.45) is 11.8 Å². The molecule has 6 rings (SSSR count). The molecule has 238 valence electrons. The summed E-state index contributed by atoms with van der Waals surface area (Å²) in [4.78, 5) is 27.9. The van der Waals surface area contributed by atoms with E-state index in [1.807, 2.05) is 48.7 Å². The molecule has 1 saturated carbocycles. The van der Waals surface area contributed by atoms with Gasteiger partial charge in [0, 0.05) is 30.6 Å². The van der Waals surface area contributed by atoms with Crippen molar-refractivity contribution in [2.75, 3.05) is 32.4 Å². The van der Waals surface area contributed by atoms with E-state index >= 15 is 0 Å². The lowest BCUT2D eigenvalue weighted by Crippen LogP contribution is -2.44. The third-order valence-corrected chi connectivity index (χ3v) is 10.9. The van der Waals surface area contributed by atoms with E-state index in [4.69, 9.17) is 9.47 Å². The van der Waals surface area contributed by atoms with Gasteiger partial charge in [-0.15, -0.1) is 11.8 Å². The van der Waals surface area contributed by atoms with Crippen LogP contribution < -0.4 is 10.6 Å². The largest absolute Gasteiger partial charge is 0.454 e. The van der Waals surface area contributed by atoms with Gasteiger partial charge in [-0.25, -0.2) is 4.79 Å². The summed E-state index contributed by atoms with van der Waals surface area (Å²) in [5.74, 6) is 0.191. The zero-order valence-corrected chi connectivity index (χ0v) is 27.2. The zero-order chi connectivity index (χ0) is 31.1. The number of hydrogen-bond acceptors (Lipinski definition) is 7. The quantitative estimate of drug-likeness (QED) is 0.195. The number of nitrogens with one attached hydrogen (secondary N) is 2. The van der Waals surface area contributed by atoms with Gasteiger partial charge in [0.05, 0.1) is 11.5 Å². The molecule has 45 heavy (non-hydrogen) atoms. The average Bonchev–Trinajstić information content (AvgIpc) is 3.10. The molecule has 2 heterocycles. The topological polar surface area (TPSA) is 76.7 Å². The summed E-state index contributed by atoms with van der Waals surface area (Å²) in [7, 11) is 0. The highest BCUT2D eigenvalue weighted by atomic mass is 32.2. The Morgan fingerprint density at radius 3 is 1.96 bits per heavy atom. The lowest BCUT2D eigenvalue weighted by Gasteiger charge is -2.39. The number of thioether (sulfide) groups is 1. The van der Waals surface area contributed by atoms with Crippen LogP contribution in [-0.4, -0.2) is 44.4 Å². The van der Waals surface area contributed by atoms with Crippen LogP contribution in [0, 0.1) is 11.8 Å². The lowest BCUT2D eigenvalue weighted by molar-refractivity contribution is -0.171. The Morgan fingerprint density at radius 2 is 1.33 bits per heavy atom. The molecule has 6 nitrogen and oxygen atoms in total. The van der Waals surface area contributed by atoms with Crippen LogP contribution in [0.2, 0.25) is 0 Å². The number of ether oxygens (including phenoxy) is 2. The number of carbonyl (C=O) groups excluding carboxylic acids is 2. The van der Waals surface area contributed by atoms with Gasteiger partial charge in [0.15, 0.2) is 0 Å². The number of esters is 2. The number of carbonyl (C=O) groups is 2. The molecule has 0 unspecified atom stereocenters. The Labute approximate surface area is 272 Å². The molecule has 2 saturated heterocycles. The third kappa shape index (κ3) is 7.48. The molecular formula is C38H46N2O4S. The van der Waals surface area contributed by atoms with E-state index in [9.17, 15) is 9.59 Å². The number of rotatable bonds is 9. The molecule has 2 aliphatic heterocycles. The SMILES string of the molecule is CSc1ccc(C(=O)OC2(c3cccc(CC4CCC(C(=O)OC5(c6ccccc6)CCNCC5)CC4)c3)CCNCC2)cc1. The third-order valence-electron chi connectivity index (χ3n) is 10.2. The number of hydrogen-bond donors (Lipinski definition) is 2. The molecule has 1 aliphatic carbocycles. The molecule has 3 aromatic rings. The minimum absolute atomic E-state index is 0.0287. The molecule has 0 spiro atoms. The molecular weight excluding hydrogens is 580 g/mol. The zero-order valence-electron chi connectivity index (χ0n) is 26.4. The maximum atomic E-state index is 13.5. The van der Waals surface area contributed by atoms with Gasteiger partial charge in [-0.2, -0.15) is 0 Å². The average molecular weight is 627 g/mol. The van der Waals surface area contributed by atoms with Gasteiger partial charge < -0.3 is 20.1 Å². The van der Waals surface area contributed by atoms with E-state index in [2.05, 4.69) is 47.0 Å². The highest BCUT2D eigenvalue weighted by molar-refractivity contribution is 7.98. The fourth-order valence-electron chi connectivity index (χ4n) is 7.46. The van der Waals surface area contributed by atoms with Crippen molar-refractivity contribution in [2.45, 2.75) is 73.9 Å². The second kappa shape index (κ2) is 14.5. The van der Waals surface area contributed by atoms with Gasteiger partial charge >= 0.3 is 11.9 Å². The summed E-state index contributed by atoms with van der Waals surface area (Å²) in [5.41, 5.74) is 2.90. The van der Waals surface area contributed by atoms with Crippen molar-refractivity contribution >= 4 is 23.7 Å². The summed E-state index contributed by atoms with van der Waals surface area (Å²) in [6, 6.07) is 26.6. The van der Waals surface area contributed by atoms with Crippen LogP contribution in [-0.2, 0) is 31.9 Å². The van der Waals surface area contributed by atoms with E-state index < -0.39 is 11.2 Å². The van der Waals surface area contributed by atoms with E-state index in [1.54, 1.807) is 11.8 Å². The minimum Gasteiger partial charge on any atom is -0.454 e. The molecule has 3 fully saturated rings. The Kier molecular flexibility index (Phi) is 10.3. The van der Waals surface area contributed by atoms with Crippen LogP contribution in [0.4, 0.5) is 0 Å². The van der Waals surface area contributed by atoms with Crippen LogP contribution in [0.1, 0.15) is 78.4 Å². The molecule has 0 bridgehead atoms. The highest BCUT2D eigenvalue weighted by Gasteiger charge is 2.41. The van der Waals surface area contributed by atoms with E-state index in [-0.39, 0.29) is 17.9 Å². The summed E-state index contributed by atoms with van der Waals surface area (Å²) >= 11 is 1.66. The van der Waals surface area contributed by atoms with Crippen molar-refractivity contribution in [1.82, 2.24) is 10.6 Å². The molecule has 3 aromatic carbocycles.